The second kappa shape index (κ2) is 2.16. The molecule has 0 spiro atoms. The molecule has 56 valence electrons. The van der Waals surface area contributed by atoms with Crippen molar-refractivity contribution in [1.29, 1.82) is 0 Å². The molecule has 0 saturated heterocycles. The van der Waals surface area contributed by atoms with Crippen molar-refractivity contribution in [2.45, 2.75) is 0 Å². The molecule has 0 aliphatic rings. The molecule has 0 radical (unpaired) electrons. The van der Waals surface area contributed by atoms with Crippen molar-refractivity contribution >= 4 is 0 Å². The molecule has 2 aromatic rings. The normalized spacial score (nSPS) is 10.2. The molecule has 1 aromatic carbocycles. The van der Waals surface area contributed by atoms with E-state index in [9.17, 15) is 4.79 Å². The molecule has 2 rings (SSSR count). The van der Waals surface area contributed by atoms with Crippen molar-refractivity contribution in [2.75, 3.05) is 0 Å². The molecule has 0 bridgehead atoms. The summed E-state index contributed by atoms with van der Waals surface area (Å²) in [4.78, 5) is 11.3. The van der Waals surface area contributed by atoms with E-state index in [0.29, 0.717) is 5.69 Å². The van der Waals surface area contributed by atoms with Crippen molar-refractivity contribution in [3.63, 3.8) is 0 Å². The molecule has 4 heteroatoms. The Labute approximate surface area is 61.6 Å². The van der Waals surface area contributed by atoms with Crippen LogP contribution in [0.5, 0.6) is 0 Å². The molecule has 1 heterocycles. The Hall–Kier alpha value is -1.71. The number of aromatic nitrogens is 1. The molecule has 11 heavy (non-hydrogen) atoms. The topological polar surface area (TPSA) is 48.3 Å². The van der Waals surface area contributed by atoms with Gasteiger partial charge >= 0.3 is 5.82 Å². The van der Waals surface area contributed by atoms with Crippen LogP contribution in [0.3, 0.4) is 0 Å². The molecule has 0 unspecified atom stereocenters. The van der Waals surface area contributed by atoms with Crippen LogP contribution in [0.1, 0.15) is 0 Å². The lowest BCUT2D eigenvalue weighted by molar-refractivity contribution is -0.0406. The summed E-state index contributed by atoms with van der Waals surface area (Å²) >= 11 is 0. The summed E-state index contributed by atoms with van der Waals surface area (Å²) in [5, 5.41) is 0. The van der Waals surface area contributed by atoms with Gasteiger partial charge in [0.05, 0.1) is 0 Å². The first-order valence-corrected chi connectivity index (χ1v) is 3.11. The lowest BCUT2D eigenvalue weighted by atomic mass is 10.3. The van der Waals surface area contributed by atoms with Crippen LogP contribution in [0, 0.1) is 0 Å². The fourth-order valence-electron chi connectivity index (χ4n) is 0.797. The number of hydrogen-bond acceptors (Lipinski definition) is 3. The van der Waals surface area contributed by atoms with Crippen LogP contribution in [0.4, 0.5) is 0 Å². The van der Waals surface area contributed by atoms with Crippen LogP contribution >= 0.6 is 0 Å². The first-order valence-electron chi connectivity index (χ1n) is 3.11. The minimum Gasteiger partial charge on any atom is -0.268 e. The van der Waals surface area contributed by atoms with E-state index < -0.39 is 5.82 Å². The SMILES string of the molecule is O=c1on(-c2ccccc2)o1. The van der Waals surface area contributed by atoms with Gasteiger partial charge in [-0.3, -0.25) is 9.05 Å². The minimum absolute atomic E-state index is 0.672. The summed E-state index contributed by atoms with van der Waals surface area (Å²) in [6.07, 6.45) is 0. The maximum absolute atomic E-state index is 10.2. The van der Waals surface area contributed by atoms with Crippen LogP contribution in [-0.4, -0.2) is 4.91 Å². The maximum Gasteiger partial charge on any atom is 0.564 e. The predicted molar refractivity (Wildman–Crippen MR) is 36.6 cm³/mol. The Morgan fingerprint density at radius 1 is 1.09 bits per heavy atom. The standard InChI is InChI=1S/C7H5NO3/c9-7-10-8(11-7)6-4-2-1-3-5-6/h1-5H. The monoisotopic (exact) mass is 151 g/mol. The number of para-hydroxylation sites is 1. The van der Waals surface area contributed by atoms with Crippen LogP contribution in [0.25, 0.3) is 5.69 Å². The first-order chi connectivity index (χ1) is 5.36. The second-order valence-corrected chi connectivity index (χ2v) is 2.03. The Balaban J connectivity index is 2.42. The van der Waals surface area contributed by atoms with Crippen molar-refractivity contribution in [3.05, 3.63) is 40.9 Å². The van der Waals surface area contributed by atoms with Crippen molar-refractivity contribution in [1.82, 2.24) is 4.91 Å². The van der Waals surface area contributed by atoms with Crippen molar-refractivity contribution < 1.29 is 9.05 Å². The van der Waals surface area contributed by atoms with Crippen molar-refractivity contribution in [3.8, 4) is 5.69 Å². The fourth-order valence-corrected chi connectivity index (χ4v) is 0.797. The van der Waals surface area contributed by atoms with E-state index in [1.165, 1.54) is 0 Å². The third-order valence-corrected chi connectivity index (χ3v) is 1.28. The third-order valence-electron chi connectivity index (χ3n) is 1.28. The van der Waals surface area contributed by atoms with E-state index >= 15 is 0 Å². The second-order valence-electron chi connectivity index (χ2n) is 2.03. The molecule has 0 aliphatic carbocycles. The van der Waals surface area contributed by atoms with E-state index in [1.54, 1.807) is 12.1 Å². The van der Waals surface area contributed by atoms with Crippen molar-refractivity contribution in [2.24, 2.45) is 0 Å². The predicted octanol–water partition coefficient (Wildman–Crippen LogP) is 1.02. The van der Waals surface area contributed by atoms with E-state index in [1.807, 2.05) is 18.2 Å². The summed E-state index contributed by atoms with van der Waals surface area (Å²) in [6, 6.07) is 9.06. The third kappa shape index (κ3) is 0.980. The highest BCUT2D eigenvalue weighted by atomic mass is 16.8. The Morgan fingerprint density at radius 3 is 2.27 bits per heavy atom. The number of nitrogens with zero attached hydrogens (tertiary/aromatic N) is 1. The zero-order valence-corrected chi connectivity index (χ0v) is 5.56. The van der Waals surface area contributed by atoms with E-state index in [4.69, 9.17) is 0 Å². The molecule has 0 amide bonds. The molecule has 0 saturated carbocycles. The Bertz CT molecular complexity index is 366. The lowest BCUT2D eigenvalue weighted by Gasteiger charge is -2.00. The summed E-state index contributed by atoms with van der Waals surface area (Å²) in [7, 11) is 0. The van der Waals surface area contributed by atoms with E-state index in [0.717, 1.165) is 4.91 Å². The highest BCUT2D eigenvalue weighted by molar-refractivity contribution is 5.26. The van der Waals surface area contributed by atoms with Crippen LogP contribution < -0.4 is 5.82 Å². The van der Waals surface area contributed by atoms with Gasteiger partial charge in [0, 0.05) is 0 Å². The van der Waals surface area contributed by atoms with Gasteiger partial charge in [-0.25, -0.2) is 0 Å². The van der Waals surface area contributed by atoms with Gasteiger partial charge in [-0.05, 0) is 17.0 Å². The molecule has 0 N–H and O–H groups in total. The van der Waals surface area contributed by atoms with E-state index in [-0.39, 0.29) is 0 Å². The molecule has 0 atom stereocenters. The zero-order chi connectivity index (χ0) is 7.68. The molecule has 4 nitrogen and oxygen atoms in total. The summed E-state index contributed by atoms with van der Waals surface area (Å²) < 4.78 is 8.99. The molecule has 1 aromatic heterocycles. The minimum atomic E-state index is -0.672. The average molecular weight is 151 g/mol. The summed E-state index contributed by atoms with van der Waals surface area (Å²) in [6.45, 7) is 0. The van der Waals surface area contributed by atoms with Gasteiger partial charge < -0.3 is 0 Å². The highest BCUT2D eigenvalue weighted by Crippen LogP contribution is 2.04. The smallest absolute Gasteiger partial charge is 0.268 e. The Kier molecular flexibility index (Phi) is 1.18. The van der Waals surface area contributed by atoms with Gasteiger partial charge in [-0.1, -0.05) is 18.2 Å². The van der Waals surface area contributed by atoms with E-state index in [2.05, 4.69) is 9.05 Å². The Morgan fingerprint density at radius 2 is 1.73 bits per heavy atom. The molecule has 0 fully saturated rings. The lowest BCUT2D eigenvalue weighted by Crippen LogP contribution is -2.14. The molecular weight excluding hydrogens is 146 g/mol. The van der Waals surface area contributed by atoms with Crippen LogP contribution in [0.2, 0.25) is 0 Å². The first kappa shape index (κ1) is 6.03. The summed E-state index contributed by atoms with van der Waals surface area (Å²) in [5.41, 5.74) is 0.701. The van der Waals surface area contributed by atoms with Gasteiger partial charge in [0.15, 0.2) is 0 Å². The van der Waals surface area contributed by atoms with Crippen LogP contribution in [-0.2, 0) is 0 Å². The van der Waals surface area contributed by atoms with Gasteiger partial charge in [-0.15, -0.1) is 0 Å². The van der Waals surface area contributed by atoms with Crippen LogP contribution in [0.15, 0.2) is 44.2 Å². The quantitative estimate of drug-likeness (QED) is 0.611. The molecule has 0 aliphatic heterocycles. The highest BCUT2D eigenvalue weighted by Gasteiger charge is 2.03. The zero-order valence-electron chi connectivity index (χ0n) is 5.56. The van der Waals surface area contributed by atoms with Gasteiger partial charge in [-0.2, -0.15) is 4.79 Å². The number of hydrogen-bond donors (Lipinski definition) is 0. The number of rotatable bonds is 1. The fraction of sp³-hybridized carbons (Fsp3) is 0. The summed E-state index contributed by atoms with van der Waals surface area (Å²) in [5.74, 6) is -0.672. The molecular formula is C7H5NO3. The van der Waals surface area contributed by atoms with Gasteiger partial charge in [0.25, 0.3) is 0 Å². The number of benzene rings is 1. The van der Waals surface area contributed by atoms with Gasteiger partial charge in [0.1, 0.15) is 5.69 Å². The average Bonchev–Trinajstić information content (AvgIpc) is 2.01. The van der Waals surface area contributed by atoms with Gasteiger partial charge in [0.2, 0.25) is 0 Å². The largest absolute Gasteiger partial charge is 0.564 e. The maximum atomic E-state index is 10.2.